The standard InChI is InChI=1S/C19H22N6O2/c26-12-13-5-7-14(8-6-13)21-17-16-15(11-20-24-18(16)27)22-19(23-17)25-9-3-1-2-4-10-25/h5-8,11,26H,1-4,9-10,12H2,(H,24,27)(H,21,22,23). The van der Waals surface area contributed by atoms with Crippen LogP contribution in [0.1, 0.15) is 31.2 Å². The molecule has 8 nitrogen and oxygen atoms in total. The lowest BCUT2D eigenvalue weighted by Crippen LogP contribution is -2.26. The highest BCUT2D eigenvalue weighted by molar-refractivity contribution is 5.90. The number of hydrogen-bond donors (Lipinski definition) is 3. The van der Waals surface area contributed by atoms with Crippen LogP contribution in [0.3, 0.4) is 0 Å². The van der Waals surface area contributed by atoms with E-state index in [0.717, 1.165) is 37.2 Å². The van der Waals surface area contributed by atoms with E-state index in [0.29, 0.717) is 22.7 Å². The molecule has 3 heterocycles. The number of aliphatic hydroxyl groups is 1. The molecule has 1 aliphatic heterocycles. The molecule has 1 aromatic carbocycles. The van der Waals surface area contributed by atoms with E-state index >= 15 is 0 Å². The first-order chi connectivity index (χ1) is 13.2. The van der Waals surface area contributed by atoms with Crippen LogP contribution in [0, 0.1) is 0 Å². The number of aromatic nitrogens is 4. The van der Waals surface area contributed by atoms with Crippen molar-refractivity contribution in [2.24, 2.45) is 0 Å². The van der Waals surface area contributed by atoms with E-state index in [1.165, 1.54) is 12.8 Å². The summed E-state index contributed by atoms with van der Waals surface area (Å²) in [6.07, 6.45) is 6.21. The molecule has 1 saturated heterocycles. The molecule has 0 saturated carbocycles. The van der Waals surface area contributed by atoms with E-state index in [4.69, 9.17) is 0 Å². The monoisotopic (exact) mass is 366 g/mol. The van der Waals surface area contributed by atoms with E-state index in [9.17, 15) is 9.90 Å². The maximum atomic E-state index is 12.3. The van der Waals surface area contributed by atoms with Gasteiger partial charge in [0.25, 0.3) is 5.56 Å². The van der Waals surface area contributed by atoms with Crippen LogP contribution in [-0.2, 0) is 6.61 Å². The molecule has 0 radical (unpaired) electrons. The topological polar surface area (TPSA) is 107 Å². The van der Waals surface area contributed by atoms with Crippen LogP contribution in [0.15, 0.2) is 35.3 Å². The average Bonchev–Trinajstić information content (AvgIpc) is 2.98. The average molecular weight is 366 g/mol. The maximum Gasteiger partial charge on any atom is 0.277 e. The highest BCUT2D eigenvalue weighted by Crippen LogP contribution is 2.25. The van der Waals surface area contributed by atoms with Crippen LogP contribution in [-0.4, -0.2) is 38.4 Å². The predicted molar refractivity (Wildman–Crippen MR) is 104 cm³/mol. The third kappa shape index (κ3) is 3.75. The summed E-state index contributed by atoms with van der Waals surface area (Å²) in [5.41, 5.74) is 1.79. The second-order valence-electron chi connectivity index (χ2n) is 6.71. The second kappa shape index (κ2) is 7.71. The fraction of sp³-hybridized carbons (Fsp3) is 0.368. The van der Waals surface area contributed by atoms with E-state index < -0.39 is 0 Å². The van der Waals surface area contributed by atoms with E-state index in [-0.39, 0.29) is 12.2 Å². The van der Waals surface area contributed by atoms with Crippen molar-refractivity contribution in [2.75, 3.05) is 23.3 Å². The summed E-state index contributed by atoms with van der Waals surface area (Å²) in [4.78, 5) is 23.8. The zero-order chi connectivity index (χ0) is 18.6. The van der Waals surface area contributed by atoms with Crippen LogP contribution in [0.25, 0.3) is 10.9 Å². The number of aliphatic hydroxyl groups excluding tert-OH is 1. The highest BCUT2D eigenvalue weighted by atomic mass is 16.3. The summed E-state index contributed by atoms with van der Waals surface area (Å²) in [5.74, 6) is 1.07. The van der Waals surface area contributed by atoms with Crippen molar-refractivity contribution < 1.29 is 5.11 Å². The van der Waals surface area contributed by atoms with Gasteiger partial charge in [-0.1, -0.05) is 25.0 Å². The predicted octanol–water partition coefficient (Wildman–Crippen LogP) is 2.33. The Morgan fingerprint density at radius 2 is 1.81 bits per heavy atom. The summed E-state index contributed by atoms with van der Waals surface area (Å²) in [6.45, 7) is 1.81. The molecule has 0 atom stereocenters. The van der Waals surface area contributed by atoms with Gasteiger partial charge in [0, 0.05) is 18.8 Å². The van der Waals surface area contributed by atoms with Crippen molar-refractivity contribution in [2.45, 2.75) is 32.3 Å². The van der Waals surface area contributed by atoms with Crippen molar-refractivity contribution in [1.29, 1.82) is 0 Å². The molecule has 0 bridgehead atoms. The summed E-state index contributed by atoms with van der Waals surface area (Å²) in [7, 11) is 0. The lowest BCUT2D eigenvalue weighted by molar-refractivity contribution is 0.282. The molecule has 1 fully saturated rings. The molecule has 3 N–H and O–H groups in total. The van der Waals surface area contributed by atoms with Gasteiger partial charge in [0.1, 0.15) is 16.7 Å². The minimum Gasteiger partial charge on any atom is -0.392 e. The smallest absolute Gasteiger partial charge is 0.277 e. The van der Waals surface area contributed by atoms with Crippen LogP contribution < -0.4 is 15.8 Å². The molecule has 0 spiro atoms. The first-order valence-electron chi connectivity index (χ1n) is 9.22. The number of H-pyrrole nitrogens is 1. The Balaban J connectivity index is 1.77. The van der Waals surface area contributed by atoms with Crippen LogP contribution >= 0.6 is 0 Å². The zero-order valence-electron chi connectivity index (χ0n) is 15.0. The summed E-state index contributed by atoms with van der Waals surface area (Å²) < 4.78 is 0. The Labute approximate surface area is 156 Å². The van der Waals surface area contributed by atoms with Crippen molar-refractivity contribution in [3.8, 4) is 0 Å². The van der Waals surface area contributed by atoms with Crippen molar-refractivity contribution >= 4 is 28.4 Å². The third-order valence-corrected chi connectivity index (χ3v) is 4.79. The van der Waals surface area contributed by atoms with Gasteiger partial charge < -0.3 is 15.3 Å². The minimum absolute atomic E-state index is 0.0127. The molecule has 3 aromatic rings. The first kappa shape index (κ1) is 17.4. The molecule has 0 amide bonds. The number of aromatic amines is 1. The van der Waals surface area contributed by atoms with Gasteiger partial charge in [-0.3, -0.25) is 4.79 Å². The van der Waals surface area contributed by atoms with Crippen molar-refractivity contribution in [1.82, 2.24) is 20.2 Å². The number of benzene rings is 1. The van der Waals surface area contributed by atoms with Crippen LogP contribution in [0.5, 0.6) is 0 Å². The number of nitrogens with one attached hydrogen (secondary N) is 2. The molecule has 4 rings (SSSR count). The van der Waals surface area contributed by atoms with Gasteiger partial charge in [0.05, 0.1) is 12.8 Å². The van der Waals surface area contributed by atoms with Gasteiger partial charge in [-0.2, -0.15) is 10.1 Å². The zero-order valence-corrected chi connectivity index (χ0v) is 15.0. The molecular weight excluding hydrogens is 344 g/mol. The largest absolute Gasteiger partial charge is 0.392 e. The van der Waals surface area contributed by atoms with Gasteiger partial charge >= 0.3 is 0 Å². The lowest BCUT2D eigenvalue weighted by Gasteiger charge is -2.21. The van der Waals surface area contributed by atoms with Crippen molar-refractivity contribution in [3.63, 3.8) is 0 Å². The lowest BCUT2D eigenvalue weighted by atomic mass is 10.2. The summed E-state index contributed by atoms with van der Waals surface area (Å²) in [6, 6.07) is 7.35. The SMILES string of the molecule is O=c1[nH]ncc2nc(N3CCCCCC3)nc(Nc3ccc(CO)cc3)c12. The molecule has 1 aliphatic rings. The maximum absolute atomic E-state index is 12.3. The van der Waals surface area contributed by atoms with Gasteiger partial charge in [0.2, 0.25) is 5.95 Å². The van der Waals surface area contributed by atoms with E-state index in [1.54, 1.807) is 6.20 Å². The molecule has 0 aliphatic carbocycles. The van der Waals surface area contributed by atoms with Crippen LogP contribution in [0.2, 0.25) is 0 Å². The van der Waals surface area contributed by atoms with Gasteiger partial charge in [0.15, 0.2) is 0 Å². The number of rotatable bonds is 4. The second-order valence-corrected chi connectivity index (χ2v) is 6.71. The van der Waals surface area contributed by atoms with Gasteiger partial charge in [-0.25, -0.2) is 10.1 Å². The third-order valence-electron chi connectivity index (χ3n) is 4.79. The number of fused-ring (bicyclic) bond motifs is 1. The van der Waals surface area contributed by atoms with Crippen molar-refractivity contribution in [3.05, 3.63) is 46.4 Å². The number of anilines is 3. The van der Waals surface area contributed by atoms with Gasteiger partial charge in [-0.05, 0) is 30.5 Å². The summed E-state index contributed by atoms with van der Waals surface area (Å²) >= 11 is 0. The van der Waals surface area contributed by atoms with Crippen LogP contribution in [0.4, 0.5) is 17.5 Å². The summed E-state index contributed by atoms with van der Waals surface area (Å²) in [5, 5.41) is 19.2. The Bertz CT molecular complexity index is 978. The molecule has 2 aromatic heterocycles. The molecule has 0 unspecified atom stereocenters. The minimum atomic E-state index is -0.329. The highest BCUT2D eigenvalue weighted by Gasteiger charge is 2.17. The Kier molecular flexibility index (Phi) is 4.97. The first-order valence-corrected chi connectivity index (χ1v) is 9.22. The molecule has 8 heteroatoms. The van der Waals surface area contributed by atoms with E-state index in [1.807, 2.05) is 24.3 Å². The molecular formula is C19H22N6O2. The number of hydrogen-bond acceptors (Lipinski definition) is 7. The van der Waals surface area contributed by atoms with Gasteiger partial charge in [-0.15, -0.1) is 0 Å². The normalized spacial score (nSPS) is 14.9. The Morgan fingerprint density at radius 1 is 1.07 bits per heavy atom. The number of nitrogens with zero attached hydrogens (tertiary/aromatic N) is 4. The molecule has 27 heavy (non-hydrogen) atoms. The fourth-order valence-corrected chi connectivity index (χ4v) is 3.32. The quantitative estimate of drug-likeness (QED) is 0.650. The van der Waals surface area contributed by atoms with E-state index in [2.05, 4.69) is 30.4 Å². The fourth-order valence-electron chi connectivity index (χ4n) is 3.32. The molecule has 140 valence electrons. The Morgan fingerprint density at radius 3 is 2.52 bits per heavy atom. The Hall–Kier alpha value is -3.00.